The van der Waals surface area contributed by atoms with Crippen LogP contribution in [0, 0.1) is 6.92 Å². The number of carbonyl (C=O) groups excluding carboxylic acids is 2. The predicted octanol–water partition coefficient (Wildman–Crippen LogP) is 6.55. The second-order valence-corrected chi connectivity index (χ2v) is 9.09. The van der Waals surface area contributed by atoms with Crippen LogP contribution in [0.25, 0.3) is 5.76 Å². The number of anilines is 1. The van der Waals surface area contributed by atoms with Gasteiger partial charge in [-0.15, -0.1) is 0 Å². The molecule has 1 amide bonds. The smallest absolute Gasteiger partial charge is 0.300 e. The van der Waals surface area contributed by atoms with Crippen molar-refractivity contribution < 1.29 is 23.8 Å². The van der Waals surface area contributed by atoms with E-state index < -0.39 is 17.7 Å². The van der Waals surface area contributed by atoms with Crippen molar-refractivity contribution in [1.29, 1.82) is 0 Å². The fourth-order valence-electron chi connectivity index (χ4n) is 3.98. The van der Waals surface area contributed by atoms with Gasteiger partial charge in [0, 0.05) is 15.7 Å². The molecule has 7 heteroatoms. The van der Waals surface area contributed by atoms with Gasteiger partial charge < -0.3 is 14.3 Å². The molecule has 3 aromatic rings. The Hall–Kier alpha value is -3.32. The molecular weight excluding hydrogens is 498 g/mol. The maximum atomic E-state index is 13.1. The Labute approximate surface area is 207 Å². The molecule has 2 heterocycles. The maximum Gasteiger partial charge on any atom is 0.300 e. The molecule has 0 aliphatic carbocycles. The van der Waals surface area contributed by atoms with Crippen LogP contribution in [-0.2, 0) is 9.59 Å². The van der Waals surface area contributed by atoms with Gasteiger partial charge in [0.15, 0.2) is 0 Å². The fourth-order valence-corrected chi connectivity index (χ4v) is 4.24. The molecule has 1 N–H and O–H groups in total. The summed E-state index contributed by atoms with van der Waals surface area (Å²) in [6.45, 7) is 4.54. The summed E-state index contributed by atoms with van der Waals surface area (Å²) in [5.74, 6) is -0.0214. The normalized spacial score (nSPS) is 17.4. The van der Waals surface area contributed by atoms with Crippen LogP contribution in [0.15, 0.2) is 75.1 Å². The largest absolute Gasteiger partial charge is 0.507 e. The van der Waals surface area contributed by atoms with Gasteiger partial charge in [-0.1, -0.05) is 35.7 Å². The number of benzene rings is 2. The van der Waals surface area contributed by atoms with Gasteiger partial charge in [0.25, 0.3) is 11.7 Å². The van der Waals surface area contributed by atoms with Gasteiger partial charge in [-0.2, -0.15) is 0 Å². The van der Waals surface area contributed by atoms with Crippen molar-refractivity contribution in [1.82, 2.24) is 0 Å². The molecule has 1 aliphatic heterocycles. The number of unbranched alkanes of at least 4 members (excludes halogenated alkanes) is 2. The highest BCUT2D eigenvalue weighted by molar-refractivity contribution is 9.10. The summed E-state index contributed by atoms with van der Waals surface area (Å²) >= 11 is 3.39. The number of hydrogen-bond donors (Lipinski definition) is 1. The lowest BCUT2D eigenvalue weighted by molar-refractivity contribution is -0.132. The van der Waals surface area contributed by atoms with E-state index in [1.54, 1.807) is 67.6 Å². The summed E-state index contributed by atoms with van der Waals surface area (Å²) in [4.78, 5) is 27.6. The number of amides is 1. The number of carbonyl (C=O) groups is 2. The highest BCUT2D eigenvalue weighted by atomic mass is 79.9. The van der Waals surface area contributed by atoms with Crippen LogP contribution in [0.5, 0.6) is 5.75 Å². The topological polar surface area (TPSA) is 80.0 Å². The van der Waals surface area contributed by atoms with Crippen molar-refractivity contribution in [2.45, 2.75) is 39.2 Å². The number of ketones is 1. The van der Waals surface area contributed by atoms with E-state index in [-0.39, 0.29) is 11.3 Å². The summed E-state index contributed by atoms with van der Waals surface area (Å²) in [6, 6.07) is 16.5. The summed E-state index contributed by atoms with van der Waals surface area (Å²) in [7, 11) is 0. The van der Waals surface area contributed by atoms with Crippen LogP contribution < -0.4 is 9.64 Å². The quantitative estimate of drug-likeness (QED) is 0.157. The lowest BCUT2D eigenvalue weighted by atomic mass is 9.99. The number of aryl methyl sites for hydroxylation is 1. The minimum atomic E-state index is -0.889. The second kappa shape index (κ2) is 10.3. The van der Waals surface area contributed by atoms with Crippen LogP contribution in [0.3, 0.4) is 0 Å². The van der Waals surface area contributed by atoms with Crippen molar-refractivity contribution in [3.05, 3.63) is 87.8 Å². The summed E-state index contributed by atoms with van der Waals surface area (Å²) in [5, 5.41) is 11.2. The molecule has 0 spiro atoms. The number of Topliss-reactive ketones (excluding diaryl/α,β-unsaturated/α-hetero) is 1. The van der Waals surface area contributed by atoms with Gasteiger partial charge in [-0.05, 0) is 74.0 Å². The van der Waals surface area contributed by atoms with E-state index in [1.807, 2.05) is 0 Å². The fraction of sp³-hybridized carbons (Fsp3) is 0.259. The van der Waals surface area contributed by atoms with Gasteiger partial charge >= 0.3 is 0 Å². The zero-order valence-electron chi connectivity index (χ0n) is 19.1. The number of hydrogen-bond acceptors (Lipinski definition) is 5. The summed E-state index contributed by atoms with van der Waals surface area (Å²) in [5.41, 5.74) is 0.932. The summed E-state index contributed by atoms with van der Waals surface area (Å²) in [6.07, 6.45) is 3.19. The van der Waals surface area contributed by atoms with Crippen LogP contribution >= 0.6 is 15.9 Å². The number of halogens is 1. The number of rotatable bonds is 8. The molecule has 34 heavy (non-hydrogen) atoms. The highest BCUT2D eigenvalue weighted by Gasteiger charge is 2.48. The Morgan fingerprint density at radius 1 is 1.03 bits per heavy atom. The number of aliphatic hydroxyl groups excluding tert-OH is 1. The average molecular weight is 524 g/mol. The first-order chi connectivity index (χ1) is 16.4. The van der Waals surface area contributed by atoms with Gasteiger partial charge in [0.1, 0.15) is 29.1 Å². The Balaban J connectivity index is 1.73. The highest BCUT2D eigenvalue weighted by Crippen LogP contribution is 2.42. The number of ether oxygens (including phenoxy) is 1. The molecule has 6 nitrogen and oxygen atoms in total. The van der Waals surface area contributed by atoms with Crippen molar-refractivity contribution in [3.8, 4) is 5.75 Å². The SMILES string of the molecule is CCCCCOc1ccc(/C(O)=C2/C(=O)C(=O)N(c3ccc(Br)cc3)C2c2ccc(C)o2)cc1. The van der Waals surface area contributed by atoms with Crippen LogP contribution in [0.4, 0.5) is 5.69 Å². The molecule has 0 bridgehead atoms. The van der Waals surface area contributed by atoms with E-state index in [9.17, 15) is 14.7 Å². The Morgan fingerprint density at radius 3 is 2.35 bits per heavy atom. The third-order valence-corrected chi connectivity index (χ3v) is 6.25. The maximum absolute atomic E-state index is 13.1. The number of furan rings is 1. The summed E-state index contributed by atoms with van der Waals surface area (Å²) < 4.78 is 12.4. The van der Waals surface area contributed by atoms with Crippen LogP contribution in [0.1, 0.15) is 49.3 Å². The van der Waals surface area contributed by atoms with E-state index in [0.717, 1.165) is 23.7 Å². The third kappa shape index (κ3) is 4.80. The lowest BCUT2D eigenvalue weighted by Gasteiger charge is -2.23. The van der Waals surface area contributed by atoms with E-state index in [2.05, 4.69) is 22.9 Å². The van der Waals surface area contributed by atoms with Gasteiger partial charge in [0.05, 0.1) is 12.2 Å². The first kappa shape index (κ1) is 23.8. The molecule has 176 valence electrons. The molecule has 1 saturated heterocycles. The first-order valence-electron chi connectivity index (χ1n) is 11.3. The van der Waals surface area contributed by atoms with Crippen LogP contribution in [-0.4, -0.2) is 23.4 Å². The third-order valence-electron chi connectivity index (χ3n) is 5.72. The standard InChI is InChI=1S/C27H26BrNO5/c1-3-4-5-16-33-21-13-7-18(8-14-21)25(30)23-24(22-15-6-17(2)34-22)29(27(32)26(23)31)20-11-9-19(28)10-12-20/h6-15,24,30H,3-5,16H2,1-2H3/b25-23-. The van der Waals surface area contributed by atoms with Gasteiger partial charge in [0.2, 0.25) is 0 Å². The van der Waals surface area contributed by atoms with Gasteiger partial charge in [-0.3, -0.25) is 14.5 Å². The molecule has 0 saturated carbocycles. The van der Waals surface area contributed by atoms with Crippen molar-refractivity contribution in [3.63, 3.8) is 0 Å². The Morgan fingerprint density at radius 2 is 1.74 bits per heavy atom. The molecular formula is C27H26BrNO5. The minimum Gasteiger partial charge on any atom is -0.507 e. The molecule has 2 aromatic carbocycles. The van der Waals surface area contributed by atoms with Crippen molar-refractivity contribution >= 4 is 39.1 Å². The van der Waals surface area contributed by atoms with E-state index in [4.69, 9.17) is 9.15 Å². The minimum absolute atomic E-state index is 0.0149. The zero-order chi connectivity index (χ0) is 24.2. The molecule has 1 unspecified atom stereocenters. The molecule has 1 aromatic heterocycles. The average Bonchev–Trinajstić information content (AvgIpc) is 3.38. The molecule has 4 rings (SSSR count). The monoisotopic (exact) mass is 523 g/mol. The second-order valence-electron chi connectivity index (χ2n) is 8.17. The molecule has 1 aliphatic rings. The molecule has 1 atom stereocenters. The van der Waals surface area contributed by atoms with E-state index >= 15 is 0 Å². The first-order valence-corrected chi connectivity index (χ1v) is 12.1. The zero-order valence-corrected chi connectivity index (χ0v) is 20.7. The Bertz CT molecular complexity index is 1210. The number of nitrogens with zero attached hydrogens (tertiary/aromatic N) is 1. The van der Waals surface area contributed by atoms with E-state index in [1.165, 1.54) is 4.90 Å². The Kier molecular flexibility index (Phi) is 7.22. The molecule has 0 radical (unpaired) electrons. The predicted molar refractivity (Wildman–Crippen MR) is 134 cm³/mol. The van der Waals surface area contributed by atoms with Crippen molar-refractivity contribution in [2.75, 3.05) is 11.5 Å². The number of aliphatic hydroxyl groups is 1. The lowest BCUT2D eigenvalue weighted by Crippen LogP contribution is -2.29. The van der Waals surface area contributed by atoms with E-state index in [0.29, 0.717) is 35.1 Å². The van der Waals surface area contributed by atoms with Crippen molar-refractivity contribution in [2.24, 2.45) is 0 Å². The van der Waals surface area contributed by atoms with Gasteiger partial charge in [-0.25, -0.2) is 0 Å². The molecule has 1 fully saturated rings. The van der Waals surface area contributed by atoms with Crippen LogP contribution in [0.2, 0.25) is 0 Å².